The molecule has 68 heavy (non-hydrogen) atoms. The van der Waals surface area contributed by atoms with E-state index >= 15 is 0 Å². The van der Waals surface area contributed by atoms with Gasteiger partial charge in [-0.05, 0) is 126 Å². The number of benzene rings is 12. The van der Waals surface area contributed by atoms with E-state index in [1.807, 2.05) is 0 Å². The molecule has 0 fully saturated rings. The summed E-state index contributed by atoms with van der Waals surface area (Å²) in [6.07, 6.45) is 0. The van der Waals surface area contributed by atoms with E-state index in [0.717, 1.165) is 0 Å². The molecule has 0 spiro atoms. The Hall–Kier alpha value is -8.10. The smallest absolute Gasteiger partial charge is 0.0623 e. The first-order valence-corrected chi connectivity index (χ1v) is 25.9. The quantitative estimate of drug-likeness (QED) is 0.0850. The first-order valence-electron chi connectivity index (χ1n) is 23.9. The molecule has 0 nitrogen and oxygen atoms in total. The topological polar surface area (TPSA) is 0 Å². The minimum absolute atomic E-state index is 0.245. The summed E-state index contributed by atoms with van der Waals surface area (Å²) >= 11 is 0. The van der Waals surface area contributed by atoms with Crippen molar-refractivity contribution in [3.63, 3.8) is 0 Å². The molecule has 1 heteroatoms. The molecule has 12 aromatic rings. The first-order chi connectivity index (χ1) is 33.5. The van der Waals surface area contributed by atoms with Crippen molar-refractivity contribution < 1.29 is 0 Å². The second kappa shape index (κ2) is 15.8. The van der Waals surface area contributed by atoms with Crippen LogP contribution in [0.15, 0.2) is 255 Å². The van der Waals surface area contributed by atoms with Gasteiger partial charge in [0.05, 0.1) is 0 Å². The van der Waals surface area contributed by atoms with E-state index in [1.54, 1.807) is 0 Å². The molecule has 0 bridgehead atoms. The van der Waals surface area contributed by atoms with Gasteiger partial charge in [0, 0.05) is 5.41 Å². The minimum atomic E-state index is -2.72. The van der Waals surface area contributed by atoms with Crippen LogP contribution in [0.5, 0.6) is 0 Å². The van der Waals surface area contributed by atoms with E-state index in [-0.39, 0.29) is 5.41 Å². The highest BCUT2D eigenvalue weighted by Crippen LogP contribution is 2.53. The molecule has 320 valence electrons. The van der Waals surface area contributed by atoms with Gasteiger partial charge in [-0.15, -0.1) is 0 Å². The summed E-state index contributed by atoms with van der Waals surface area (Å²) in [5.41, 5.74) is 12.8. The van der Waals surface area contributed by atoms with Gasteiger partial charge in [-0.3, -0.25) is 0 Å². The average molecular weight is 881 g/mol. The van der Waals surface area contributed by atoms with Crippen LogP contribution in [0, 0.1) is 0 Å². The lowest BCUT2D eigenvalue weighted by Crippen LogP contribution is -2.74. The molecule has 0 saturated carbocycles. The standard InChI is InChI=1S/C67H48Si/c1-67(2)61-43-46(39-41-51(61)52-42-40-50(44-62(52)67)68(47-25-9-4-10-26-47,48-27-11-5-12-28-48)49-29-13-6-14-30-49)64-55-33-17-21-37-59(55)66(60-38-22-18-34-56(60)64)65-57-35-19-15-31-53(57)63(45-23-7-3-8-24-45)54-32-16-20-36-58(54)65/h3-44H,1-2H3. The third-order valence-electron chi connectivity index (χ3n) is 15.2. The number of fused-ring (bicyclic) bond motifs is 7. The molecule has 0 radical (unpaired) electrons. The maximum absolute atomic E-state index is 2.72. The third-order valence-corrected chi connectivity index (χ3v) is 20.0. The maximum Gasteiger partial charge on any atom is 0.179 e. The molecule has 1 aliphatic carbocycles. The molecule has 13 rings (SSSR count). The van der Waals surface area contributed by atoms with E-state index in [2.05, 4.69) is 269 Å². The Kier molecular flexibility index (Phi) is 9.32. The Balaban J connectivity index is 1.02. The van der Waals surface area contributed by atoms with Crippen molar-refractivity contribution in [2.45, 2.75) is 19.3 Å². The maximum atomic E-state index is 2.59. The van der Waals surface area contributed by atoms with Crippen LogP contribution in [0.1, 0.15) is 25.0 Å². The average Bonchev–Trinajstić information content (AvgIpc) is 3.63. The Morgan fingerprint density at radius 2 is 0.559 bits per heavy atom. The Bertz CT molecular complexity index is 3700. The molecule has 0 heterocycles. The van der Waals surface area contributed by atoms with Crippen LogP contribution < -0.4 is 20.7 Å². The molecule has 1 aliphatic rings. The fourth-order valence-corrected chi connectivity index (χ4v) is 17.0. The predicted molar refractivity (Wildman–Crippen MR) is 294 cm³/mol. The molecule has 0 aliphatic heterocycles. The third kappa shape index (κ3) is 5.92. The van der Waals surface area contributed by atoms with Crippen molar-refractivity contribution in [1.29, 1.82) is 0 Å². The summed E-state index contributed by atoms with van der Waals surface area (Å²) in [7, 11) is -2.72. The van der Waals surface area contributed by atoms with E-state index < -0.39 is 8.07 Å². The van der Waals surface area contributed by atoms with Gasteiger partial charge in [0.2, 0.25) is 0 Å². The predicted octanol–water partition coefficient (Wildman–Crippen LogP) is 15.0. The van der Waals surface area contributed by atoms with Crippen LogP contribution in [0.3, 0.4) is 0 Å². The molecule has 12 aromatic carbocycles. The lowest BCUT2D eigenvalue weighted by Gasteiger charge is -2.35. The monoisotopic (exact) mass is 880 g/mol. The van der Waals surface area contributed by atoms with E-state index in [1.165, 1.54) is 119 Å². The minimum Gasteiger partial charge on any atom is -0.0623 e. The van der Waals surface area contributed by atoms with Gasteiger partial charge in [0.15, 0.2) is 8.07 Å². The molecule has 0 amide bonds. The van der Waals surface area contributed by atoms with Gasteiger partial charge in [-0.25, -0.2) is 0 Å². The van der Waals surface area contributed by atoms with Gasteiger partial charge >= 0.3 is 0 Å². The molecule has 0 unspecified atom stereocenters. The van der Waals surface area contributed by atoms with Crippen molar-refractivity contribution in [3.8, 4) is 44.5 Å². The molecule has 0 aromatic heterocycles. The summed E-state index contributed by atoms with van der Waals surface area (Å²) in [4.78, 5) is 0. The van der Waals surface area contributed by atoms with Crippen LogP contribution in [0.4, 0.5) is 0 Å². The van der Waals surface area contributed by atoms with Gasteiger partial charge < -0.3 is 0 Å². The number of hydrogen-bond donors (Lipinski definition) is 0. The van der Waals surface area contributed by atoms with Crippen molar-refractivity contribution >= 4 is 71.9 Å². The van der Waals surface area contributed by atoms with Crippen LogP contribution in [-0.2, 0) is 5.41 Å². The van der Waals surface area contributed by atoms with Crippen molar-refractivity contribution in [1.82, 2.24) is 0 Å². The highest BCUT2D eigenvalue weighted by Gasteiger charge is 2.44. The van der Waals surface area contributed by atoms with Crippen molar-refractivity contribution in [3.05, 3.63) is 266 Å². The normalized spacial score (nSPS) is 13.0. The Labute approximate surface area is 399 Å². The molecular weight excluding hydrogens is 833 g/mol. The van der Waals surface area contributed by atoms with Gasteiger partial charge in [0.1, 0.15) is 0 Å². The largest absolute Gasteiger partial charge is 0.179 e. The van der Waals surface area contributed by atoms with Gasteiger partial charge in [-0.2, -0.15) is 0 Å². The highest BCUT2D eigenvalue weighted by atomic mass is 28.3. The lowest BCUT2D eigenvalue weighted by atomic mass is 9.79. The number of rotatable bonds is 7. The Morgan fingerprint density at radius 1 is 0.250 bits per heavy atom. The summed E-state index contributed by atoms with van der Waals surface area (Å²) in [5, 5.41) is 15.7. The first kappa shape index (κ1) is 40.2. The zero-order chi connectivity index (χ0) is 45.4. The fraction of sp³-hybridized carbons (Fsp3) is 0.0448. The van der Waals surface area contributed by atoms with Crippen LogP contribution in [0.2, 0.25) is 0 Å². The van der Waals surface area contributed by atoms with Crippen LogP contribution >= 0.6 is 0 Å². The zero-order valence-electron chi connectivity index (χ0n) is 38.2. The van der Waals surface area contributed by atoms with Gasteiger partial charge in [0.25, 0.3) is 0 Å². The van der Waals surface area contributed by atoms with Crippen molar-refractivity contribution in [2.24, 2.45) is 0 Å². The van der Waals surface area contributed by atoms with E-state index in [0.29, 0.717) is 0 Å². The molecule has 0 saturated heterocycles. The van der Waals surface area contributed by atoms with E-state index in [4.69, 9.17) is 0 Å². The summed E-state index contributed by atoms with van der Waals surface area (Å²) in [6, 6.07) is 95.9. The summed E-state index contributed by atoms with van der Waals surface area (Å²) in [6.45, 7) is 4.88. The highest BCUT2D eigenvalue weighted by molar-refractivity contribution is 7.19. The second-order valence-corrected chi connectivity index (χ2v) is 22.9. The SMILES string of the molecule is CC1(C)c2cc(-c3c4ccccc4c(-c4c5ccccc5c(-c5ccccc5)c5ccccc45)c4ccccc34)ccc2-c2ccc([Si](c3ccccc3)(c3ccccc3)c3ccccc3)cc21. The number of hydrogen-bond acceptors (Lipinski definition) is 0. The molecule has 0 atom stereocenters. The van der Waals surface area contributed by atoms with Crippen LogP contribution in [0.25, 0.3) is 87.6 Å². The summed E-state index contributed by atoms with van der Waals surface area (Å²) in [5.74, 6) is 0. The lowest BCUT2D eigenvalue weighted by molar-refractivity contribution is 0.661. The summed E-state index contributed by atoms with van der Waals surface area (Å²) < 4.78 is 0. The molecular formula is C67H48Si. The van der Waals surface area contributed by atoms with E-state index in [9.17, 15) is 0 Å². The Morgan fingerprint density at radius 3 is 0.956 bits per heavy atom. The fourth-order valence-electron chi connectivity index (χ4n) is 12.2. The second-order valence-electron chi connectivity index (χ2n) is 19.0. The zero-order valence-corrected chi connectivity index (χ0v) is 39.2. The molecule has 0 N–H and O–H groups in total. The van der Waals surface area contributed by atoms with Gasteiger partial charge in [-0.1, -0.05) is 263 Å². The van der Waals surface area contributed by atoms with Crippen molar-refractivity contribution in [2.75, 3.05) is 0 Å². The van der Waals surface area contributed by atoms with Crippen LogP contribution in [-0.4, -0.2) is 8.07 Å².